The molecule has 0 spiro atoms. The zero-order valence-corrected chi connectivity index (χ0v) is 15.3. The maximum Gasteiger partial charge on any atom is 0.416 e. The molecular formula is C18H12ClF6NO3. The Morgan fingerprint density at radius 2 is 1.76 bits per heavy atom. The van der Waals surface area contributed by atoms with E-state index in [0.717, 1.165) is 24.3 Å². The lowest BCUT2D eigenvalue weighted by Crippen LogP contribution is -2.17. The normalized spacial score (nSPS) is 12.8. The van der Waals surface area contributed by atoms with Crippen molar-refractivity contribution >= 4 is 23.3 Å². The van der Waals surface area contributed by atoms with E-state index in [-0.39, 0.29) is 21.7 Å². The van der Waals surface area contributed by atoms with Gasteiger partial charge in [-0.05, 0) is 42.3 Å². The molecule has 156 valence electrons. The number of aryl methyl sites for hydroxylation is 1. The van der Waals surface area contributed by atoms with E-state index in [2.05, 4.69) is 5.16 Å². The van der Waals surface area contributed by atoms with Crippen molar-refractivity contribution in [1.82, 2.24) is 0 Å². The van der Waals surface area contributed by atoms with Crippen LogP contribution in [0.4, 0.5) is 26.3 Å². The van der Waals surface area contributed by atoms with Gasteiger partial charge in [-0.1, -0.05) is 22.8 Å². The van der Waals surface area contributed by atoms with Gasteiger partial charge in [-0.2, -0.15) is 26.3 Å². The monoisotopic (exact) mass is 439 g/mol. The van der Waals surface area contributed by atoms with Crippen LogP contribution in [-0.4, -0.2) is 23.0 Å². The van der Waals surface area contributed by atoms with Crippen LogP contribution in [0.3, 0.4) is 0 Å². The third-order valence-electron chi connectivity index (χ3n) is 3.62. The summed E-state index contributed by atoms with van der Waals surface area (Å²) in [5.41, 5.74) is -1.85. The van der Waals surface area contributed by atoms with Crippen LogP contribution in [-0.2, 0) is 6.18 Å². The van der Waals surface area contributed by atoms with Gasteiger partial charge < -0.3 is 9.94 Å². The average Bonchev–Trinajstić information content (AvgIpc) is 2.56. The summed E-state index contributed by atoms with van der Waals surface area (Å²) >= 11 is 5.60. The largest absolute Gasteiger partial charge is 0.478 e. The van der Waals surface area contributed by atoms with Gasteiger partial charge in [0.2, 0.25) is 0 Å². The fraction of sp³-hybridized carbons (Fsp3) is 0.222. The number of hydrogen-bond donors (Lipinski definition) is 1. The zero-order chi connectivity index (χ0) is 22.0. The lowest BCUT2D eigenvalue weighted by molar-refractivity contribution is -0.137. The van der Waals surface area contributed by atoms with E-state index >= 15 is 0 Å². The van der Waals surface area contributed by atoms with Crippen molar-refractivity contribution in [2.24, 2.45) is 5.16 Å². The maximum absolute atomic E-state index is 12.9. The van der Waals surface area contributed by atoms with Crippen LogP contribution in [0.15, 0.2) is 41.6 Å². The third kappa shape index (κ3) is 6.38. The number of oxime groups is 1. The van der Waals surface area contributed by atoms with E-state index < -0.39 is 41.8 Å². The van der Waals surface area contributed by atoms with Crippen LogP contribution < -0.4 is 4.84 Å². The molecule has 0 fully saturated rings. The Bertz CT molecular complexity index is 954. The molecule has 0 aromatic heterocycles. The van der Waals surface area contributed by atoms with Gasteiger partial charge >= 0.3 is 18.3 Å². The van der Waals surface area contributed by atoms with Gasteiger partial charge in [0.1, 0.15) is 0 Å². The highest BCUT2D eigenvalue weighted by atomic mass is 35.5. The smallest absolute Gasteiger partial charge is 0.416 e. The number of nitrogens with zero attached hydrogens (tertiary/aromatic N) is 1. The highest BCUT2D eigenvalue weighted by molar-refractivity contribution is 6.30. The summed E-state index contributed by atoms with van der Waals surface area (Å²) in [6, 6.07) is 5.49. The van der Waals surface area contributed by atoms with E-state index in [1.165, 1.54) is 6.92 Å². The maximum atomic E-state index is 12.9. The van der Waals surface area contributed by atoms with Crippen molar-refractivity contribution < 1.29 is 41.1 Å². The molecule has 0 saturated heterocycles. The minimum atomic E-state index is -4.74. The summed E-state index contributed by atoms with van der Waals surface area (Å²) < 4.78 is 77.2. The molecule has 29 heavy (non-hydrogen) atoms. The van der Waals surface area contributed by atoms with Crippen LogP contribution in [0.2, 0.25) is 5.02 Å². The first-order valence-corrected chi connectivity index (χ1v) is 8.17. The van der Waals surface area contributed by atoms with Crippen molar-refractivity contribution in [2.45, 2.75) is 25.7 Å². The fourth-order valence-corrected chi connectivity index (χ4v) is 2.57. The molecule has 2 aromatic rings. The molecule has 11 heteroatoms. The molecule has 4 nitrogen and oxygen atoms in total. The molecule has 0 heterocycles. The number of hydrogen-bond acceptors (Lipinski definition) is 3. The van der Waals surface area contributed by atoms with Crippen molar-refractivity contribution in [1.29, 1.82) is 0 Å². The molecule has 0 aliphatic heterocycles. The molecule has 0 bridgehead atoms. The van der Waals surface area contributed by atoms with E-state index in [4.69, 9.17) is 21.5 Å². The SMILES string of the molecule is Cc1cc(/C(CC(F)(F)F)=N/Oc2cc(Cl)cc(C(F)(F)F)c2)ccc1C(=O)O. The predicted octanol–water partition coefficient (Wildman–Crippen LogP) is 6.10. The van der Waals surface area contributed by atoms with Crippen molar-refractivity contribution in [3.63, 3.8) is 0 Å². The summed E-state index contributed by atoms with van der Waals surface area (Å²) in [6.45, 7) is 1.38. The Morgan fingerprint density at radius 1 is 1.10 bits per heavy atom. The van der Waals surface area contributed by atoms with Crippen LogP contribution >= 0.6 is 11.6 Å². The van der Waals surface area contributed by atoms with E-state index in [9.17, 15) is 31.1 Å². The average molecular weight is 440 g/mol. The first kappa shape index (κ1) is 22.5. The topological polar surface area (TPSA) is 58.9 Å². The van der Waals surface area contributed by atoms with Gasteiger partial charge in [-0.15, -0.1) is 0 Å². The molecule has 0 radical (unpaired) electrons. The molecule has 0 unspecified atom stereocenters. The molecule has 0 atom stereocenters. The highest BCUT2D eigenvalue weighted by Gasteiger charge is 2.32. The van der Waals surface area contributed by atoms with Gasteiger partial charge in [-0.25, -0.2) is 4.79 Å². The number of carboxylic acids is 1. The quantitative estimate of drug-likeness (QED) is 0.348. The van der Waals surface area contributed by atoms with Gasteiger partial charge in [0, 0.05) is 11.1 Å². The van der Waals surface area contributed by atoms with Gasteiger partial charge in [-0.3, -0.25) is 0 Å². The second-order valence-corrected chi connectivity index (χ2v) is 6.37. The number of carboxylic acid groups (broad SMARTS) is 1. The van der Waals surface area contributed by atoms with Crippen molar-refractivity contribution in [3.05, 3.63) is 63.7 Å². The molecule has 0 amide bonds. The third-order valence-corrected chi connectivity index (χ3v) is 3.84. The summed E-state index contributed by atoms with van der Waals surface area (Å²) in [5, 5.41) is 12.0. The van der Waals surface area contributed by atoms with Crippen LogP contribution in [0.1, 0.15) is 33.5 Å². The Balaban J connectivity index is 2.44. The first-order valence-electron chi connectivity index (χ1n) is 7.79. The molecule has 1 N–H and O–H groups in total. The second kappa shape index (κ2) is 8.32. The summed E-state index contributed by atoms with van der Waals surface area (Å²) in [7, 11) is 0. The molecule has 0 saturated carbocycles. The Labute approximate surface area is 165 Å². The number of alkyl halides is 6. The Kier molecular flexibility index (Phi) is 6.46. The lowest BCUT2D eigenvalue weighted by atomic mass is 10.0. The summed E-state index contributed by atoms with van der Waals surface area (Å²) in [4.78, 5) is 15.8. The van der Waals surface area contributed by atoms with Gasteiger partial charge in [0.05, 0.1) is 23.3 Å². The summed E-state index contributed by atoms with van der Waals surface area (Å²) in [5.74, 6) is -1.78. The molecule has 2 rings (SSSR count). The van der Waals surface area contributed by atoms with Crippen LogP contribution in [0.5, 0.6) is 5.75 Å². The molecule has 0 aliphatic rings. The van der Waals surface area contributed by atoms with Crippen LogP contribution in [0, 0.1) is 6.92 Å². The highest BCUT2D eigenvalue weighted by Crippen LogP contribution is 2.34. The molecule has 0 aliphatic carbocycles. The number of benzene rings is 2. The van der Waals surface area contributed by atoms with E-state index in [0.29, 0.717) is 12.1 Å². The fourth-order valence-electron chi connectivity index (χ4n) is 2.35. The first-order chi connectivity index (χ1) is 13.3. The zero-order valence-electron chi connectivity index (χ0n) is 14.5. The number of rotatable bonds is 5. The van der Waals surface area contributed by atoms with Gasteiger partial charge in [0.15, 0.2) is 5.75 Å². The number of halogens is 7. The van der Waals surface area contributed by atoms with E-state index in [1.807, 2.05) is 0 Å². The van der Waals surface area contributed by atoms with Crippen molar-refractivity contribution in [3.8, 4) is 5.75 Å². The van der Waals surface area contributed by atoms with Crippen LogP contribution in [0.25, 0.3) is 0 Å². The van der Waals surface area contributed by atoms with Gasteiger partial charge in [0.25, 0.3) is 0 Å². The van der Waals surface area contributed by atoms with Crippen molar-refractivity contribution in [2.75, 3.05) is 0 Å². The Hall–Kier alpha value is -2.75. The Morgan fingerprint density at radius 3 is 2.28 bits per heavy atom. The van der Waals surface area contributed by atoms with E-state index in [1.54, 1.807) is 0 Å². The standard InChI is InChI=1S/C18H12ClF6NO3/c1-9-4-10(2-3-14(9)16(27)28)15(8-17(20,21)22)26-29-13-6-11(18(23,24)25)5-12(19)7-13/h2-7H,8H2,1H3,(H,27,28)/b26-15+. The lowest BCUT2D eigenvalue weighted by Gasteiger charge is -2.12. The second-order valence-electron chi connectivity index (χ2n) is 5.93. The number of aromatic carboxylic acids is 1. The predicted molar refractivity (Wildman–Crippen MR) is 92.4 cm³/mol. The summed E-state index contributed by atoms with van der Waals surface area (Å²) in [6.07, 6.45) is -11.0. The molecular weight excluding hydrogens is 428 g/mol. The minimum Gasteiger partial charge on any atom is -0.478 e. The minimum absolute atomic E-state index is 0.0945. The molecule has 2 aromatic carbocycles. The number of carbonyl (C=O) groups is 1.